The van der Waals surface area contributed by atoms with Crippen molar-refractivity contribution in [3.63, 3.8) is 0 Å². The van der Waals surface area contributed by atoms with Crippen LogP contribution in [0.1, 0.15) is 15.2 Å². The van der Waals surface area contributed by atoms with Crippen LogP contribution in [0.25, 0.3) is 10.9 Å². The highest BCUT2D eigenvalue weighted by Gasteiger charge is 2.05. The Hall–Kier alpha value is -1.85. The fourth-order valence-corrected chi connectivity index (χ4v) is 2.23. The average molecular weight is 295 g/mol. The van der Waals surface area contributed by atoms with Crippen LogP contribution in [0, 0.1) is 0 Å². The molecule has 0 bridgehead atoms. The molecule has 0 spiro atoms. The first-order valence-electron chi connectivity index (χ1n) is 7.68. The summed E-state index contributed by atoms with van der Waals surface area (Å²) in [6.45, 7) is -1.02. The summed E-state index contributed by atoms with van der Waals surface area (Å²) in [6.07, 6.45) is 5.79. The lowest BCUT2D eigenvalue weighted by atomic mass is 10.1. The zero-order valence-electron chi connectivity index (χ0n) is 13.8. The van der Waals surface area contributed by atoms with Gasteiger partial charge in [0.15, 0.2) is 0 Å². The molecule has 20 heavy (non-hydrogen) atoms. The van der Waals surface area contributed by atoms with Gasteiger partial charge >= 0.3 is 0 Å². The molecular weight excluding hydrogens is 274 g/mol. The fourth-order valence-electron chi connectivity index (χ4n) is 2.23. The maximum absolute atomic E-state index is 7.17. The van der Waals surface area contributed by atoms with Crippen LogP contribution in [0.5, 0.6) is 0 Å². The van der Waals surface area contributed by atoms with Gasteiger partial charge in [-0.3, -0.25) is 0 Å². The van der Waals surface area contributed by atoms with Gasteiger partial charge in [0.25, 0.3) is 0 Å². The van der Waals surface area contributed by atoms with Gasteiger partial charge in [0.2, 0.25) is 0 Å². The maximum Gasteiger partial charge on any atom is 0.137 e. The first-order valence-corrected chi connectivity index (χ1v) is 6.18. The number of hydrogen-bond donors (Lipinski definition) is 2. The van der Waals surface area contributed by atoms with Gasteiger partial charge < -0.3 is 10.3 Å². The monoisotopic (exact) mass is 294 g/mol. The van der Waals surface area contributed by atoms with Crippen LogP contribution in [0.15, 0.2) is 37.1 Å². The number of nitrogens with one attached hydrogen (secondary N) is 2. The lowest BCUT2D eigenvalue weighted by Crippen LogP contribution is -2.09. The van der Waals surface area contributed by atoms with E-state index < -0.39 is 6.98 Å². The summed E-state index contributed by atoms with van der Waals surface area (Å²) in [7, 11) is 0. The Balaban J connectivity index is 0.00000192. The van der Waals surface area contributed by atoms with E-state index in [-0.39, 0.29) is 12.4 Å². The Labute approximate surface area is 128 Å². The molecule has 0 aliphatic heterocycles. The Morgan fingerprint density at radius 1 is 1.45 bits per heavy atom. The molecular formula is C14H18ClN5. The number of likely N-dealkylation sites (N-methyl/N-ethyl adjacent to an activating group) is 1. The summed E-state index contributed by atoms with van der Waals surface area (Å²) in [5.74, 6) is 0. The molecule has 1 aromatic carbocycles. The van der Waals surface area contributed by atoms with Gasteiger partial charge in [0, 0.05) is 21.2 Å². The minimum absolute atomic E-state index is 0. The molecule has 2 aromatic heterocycles. The van der Waals surface area contributed by atoms with Crippen LogP contribution in [0.4, 0.5) is 0 Å². The molecule has 0 atom stereocenters. The lowest BCUT2D eigenvalue weighted by molar-refractivity contribution is 0.685. The molecule has 2 N–H and O–H groups in total. The number of halogens is 1. The van der Waals surface area contributed by atoms with Crippen molar-refractivity contribution in [2.75, 3.05) is 13.5 Å². The molecule has 6 heteroatoms. The van der Waals surface area contributed by atoms with Crippen molar-refractivity contribution >= 4 is 23.3 Å². The molecule has 3 rings (SSSR count). The van der Waals surface area contributed by atoms with Gasteiger partial charge in [-0.15, -0.1) is 12.4 Å². The van der Waals surface area contributed by atoms with Gasteiger partial charge in [0.05, 0.1) is 6.54 Å². The van der Waals surface area contributed by atoms with E-state index >= 15 is 0 Å². The van der Waals surface area contributed by atoms with Crippen molar-refractivity contribution in [3.8, 4) is 0 Å². The van der Waals surface area contributed by atoms with Crippen molar-refractivity contribution in [2.24, 2.45) is 0 Å². The van der Waals surface area contributed by atoms with E-state index in [0.29, 0.717) is 19.5 Å². The highest BCUT2D eigenvalue weighted by atomic mass is 35.5. The Morgan fingerprint density at radius 2 is 2.40 bits per heavy atom. The summed E-state index contributed by atoms with van der Waals surface area (Å²) in [5, 5.41) is 7.76. The third-order valence-electron chi connectivity index (χ3n) is 3.16. The molecule has 0 amide bonds. The molecule has 0 aliphatic rings. The maximum atomic E-state index is 7.17. The number of H-pyrrole nitrogens is 1. The number of rotatable bonds is 5. The third kappa shape index (κ3) is 3.00. The molecule has 3 aromatic rings. The van der Waals surface area contributed by atoms with Crippen molar-refractivity contribution in [1.29, 1.82) is 0 Å². The van der Waals surface area contributed by atoms with E-state index in [0.717, 1.165) is 22.0 Å². The third-order valence-corrected chi connectivity index (χ3v) is 3.16. The van der Waals surface area contributed by atoms with E-state index in [1.807, 2.05) is 18.3 Å². The molecule has 0 saturated carbocycles. The van der Waals surface area contributed by atoms with Gasteiger partial charge in [-0.25, -0.2) is 9.67 Å². The van der Waals surface area contributed by atoms with Crippen LogP contribution in [-0.4, -0.2) is 33.3 Å². The van der Waals surface area contributed by atoms with E-state index in [1.54, 1.807) is 11.0 Å². The van der Waals surface area contributed by atoms with Crippen LogP contribution in [0.3, 0.4) is 0 Å². The second-order valence-electron chi connectivity index (χ2n) is 4.46. The number of aromatic amines is 1. The summed E-state index contributed by atoms with van der Waals surface area (Å²) < 4.78 is 23.3. The summed E-state index contributed by atoms with van der Waals surface area (Å²) in [6, 6.07) is 6.19. The van der Waals surface area contributed by atoms with Crippen molar-refractivity contribution in [2.45, 2.75) is 13.0 Å². The molecule has 0 radical (unpaired) electrons. The Bertz CT molecular complexity index is 751. The molecule has 5 nitrogen and oxygen atoms in total. The Morgan fingerprint density at radius 3 is 3.20 bits per heavy atom. The van der Waals surface area contributed by atoms with E-state index in [9.17, 15) is 0 Å². The number of fused-ring (bicyclic) bond motifs is 1. The van der Waals surface area contributed by atoms with Crippen molar-refractivity contribution in [3.05, 3.63) is 48.2 Å². The number of hydrogen-bond acceptors (Lipinski definition) is 3. The number of aromatic nitrogens is 4. The first-order chi connectivity index (χ1) is 10.5. The van der Waals surface area contributed by atoms with Gasteiger partial charge in [-0.05, 0) is 43.2 Å². The molecule has 2 heterocycles. The SMILES string of the molecule is Cl.[2H]C([2H])([2H])NCCc1c[nH]c2ccc(Cn3cncn3)cc12. The lowest BCUT2D eigenvalue weighted by Gasteiger charge is -2.03. The number of benzene rings is 1. The predicted molar refractivity (Wildman–Crippen MR) is 82.3 cm³/mol. The van der Waals surface area contributed by atoms with Crippen LogP contribution < -0.4 is 5.32 Å². The van der Waals surface area contributed by atoms with Gasteiger partial charge in [-0.1, -0.05) is 6.07 Å². The van der Waals surface area contributed by atoms with Crippen molar-refractivity contribution in [1.82, 2.24) is 25.1 Å². The quantitative estimate of drug-likeness (QED) is 0.756. The molecule has 106 valence electrons. The summed E-state index contributed by atoms with van der Waals surface area (Å²) >= 11 is 0. The van der Waals surface area contributed by atoms with E-state index in [4.69, 9.17) is 4.11 Å². The largest absolute Gasteiger partial charge is 0.361 e. The van der Waals surface area contributed by atoms with Crippen LogP contribution in [-0.2, 0) is 13.0 Å². The topological polar surface area (TPSA) is 58.5 Å². The minimum atomic E-state index is -2.09. The molecule has 0 unspecified atom stereocenters. The molecule has 0 aliphatic carbocycles. The Kier molecular flexibility index (Phi) is 3.56. The normalized spacial score (nSPS) is 13.5. The van der Waals surface area contributed by atoms with E-state index in [2.05, 4.69) is 26.4 Å². The number of nitrogens with zero attached hydrogens (tertiary/aromatic N) is 3. The van der Waals surface area contributed by atoms with Gasteiger partial charge in [0.1, 0.15) is 12.7 Å². The highest BCUT2D eigenvalue weighted by Crippen LogP contribution is 2.20. The van der Waals surface area contributed by atoms with Crippen LogP contribution >= 0.6 is 12.4 Å². The smallest absolute Gasteiger partial charge is 0.137 e. The molecule has 0 fully saturated rings. The molecule has 0 saturated heterocycles. The second-order valence-corrected chi connectivity index (χ2v) is 4.46. The standard InChI is InChI=1S/C14H17N5.ClH/c1-15-5-4-12-7-17-14-3-2-11(6-13(12)14)8-19-10-16-9-18-19;/h2-3,6-7,9-10,15,17H,4-5,8H2,1H3;1H/i1D3;. The van der Waals surface area contributed by atoms with E-state index in [1.165, 1.54) is 6.33 Å². The zero-order valence-corrected chi connectivity index (χ0v) is 11.7. The average Bonchev–Trinajstić information content (AvgIpc) is 3.08. The van der Waals surface area contributed by atoms with Crippen molar-refractivity contribution < 1.29 is 4.11 Å². The minimum Gasteiger partial charge on any atom is -0.361 e. The highest BCUT2D eigenvalue weighted by molar-refractivity contribution is 5.85. The zero-order chi connectivity index (χ0) is 15.6. The van der Waals surface area contributed by atoms with Crippen LogP contribution in [0.2, 0.25) is 0 Å². The predicted octanol–water partition coefficient (Wildman–Crippen LogP) is 1.99. The fraction of sp³-hybridized carbons (Fsp3) is 0.286. The summed E-state index contributed by atoms with van der Waals surface area (Å²) in [4.78, 5) is 7.15. The van der Waals surface area contributed by atoms with Gasteiger partial charge in [-0.2, -0.15) is 5.10 Å². The first kappa shape index (κ1) is 10.9. The summed E-state index contributed by atoms with van der Waals surface area (Å²) in [5.41, 5.74) is 3.28. The second kappa shape index (κ2) is 6.54.